The summed E-state index contributed by atoms with van der Waals surface area (Å²) in [5, 5.41) is 18.5. The number of rotatable bonds is 2. The van der Waals surface area contributed by atoms with Gasteiger partial charge in [0.2, 0.25) is 0 Å². The van der Waals surface area contributed by atoms with Gasteiger partial charge >= 0.3 is 0 Å². The fraction of sp³-hybridized carbons (Fsp3) is 0.0526. The molecule has 0 spiro atoms. The molecule has 0 saturated heterocycles. The minimum absolute atomic E-state index is 0.386. The average molecular weight is 312 g/mol. The van der Waals surface area contributed by atoms with Crippen molar-refractivity contribution >= 4 is 0 Å². The van der Waals surface area contributed by atoms with Crippen LogP contribution < -0.4 is 0 Å². The van der Waals surface area contributed by atoms with Gasteiger partial charge in [-0.25, -0.2) is 8.78 Å². The highest BCUT2D eigenvalue weighted by Crippen LogP contribution is 2.31. The van der Waals surface area contributed by atoms with Crippen molar-refractivity contribution < 1.29 is 19.0 Å². The van der Waals surface area contributed by atoms with Gasteiger partial charge in [-0.2, -0.15) is 0 Å². The molecule has 0 aliphatic heterocycles. The molecule has 0 atom stereocenters. The number of aromatic hydroxyl groups is 2. The maximum Gasteiger partial charge on any atom is 0.165 e. The van der Waals surface area contributed by atoms with E-state index in [-0.39, 0.29) is 11.5 Å². The molecule has 0 fully saturated rings. The smallest absolute Gasteiger partial charge is 0.165 e. The Morgan fingerprint density at radius 1 is 0.652 bits per heavy atom. The Kier molecular flexibility index (Phi) is 3.74. The zero-order valence-corrected chi connectivity index (χ0v) is 12.3. The number of hydrogen-bond donors (Lipinski definition) is 2. The molecule has 0 aliphatic carbocycles. The van der Waals surface area contributed by atoms with E-state index in [9.17, 15) is 19.0 Å². The summed E-state index contributed by atoms with van der Waals surface area (Å²) in [6.07, 6.45) is 0. The first-order valence-corrected chi connectivity index (χ1v) is 7.04. The molecular formula is C19H14F2O2. The molecule has 23 heavy (non-hydrogen) atoms. The second-order valence-electron chi connectivity index (χ2n) is 5.36. The average Bonchev–Trinajstić information content (AvgIpc) is 2.53. The molecule has 3 aromatic carbocycles. The number of phenols is 2. The zero-order chi connectivity index (χ0) is 16.6. The fourth-order valence-corrected chi connectivity index (χ4v) is 2.53. The summed E-state index contributed by atoms with van der Waals surface area (Å²) >= 11 is 0. The third kappa shape index (κ3) is 2.88. The molecule has 2 nitrogen and oxygen atoms in total. The van der Waals surface area contributed by atoms with Crippen LogP contribution in [0.25, 0.3) is 22.3 Å². The largest absolute Gasteiger partial charge is 0.505 e. The lowest BCUT2D eigenvalue weighted by molar-refractivity contribution is 0.432. The summed E-state index contributed by atoms with van der Waals surface area (Å²) in [4.78, 5) is 0. The van der Waals surface area contributed by atoms with Crippen LogP contribution in [0.5, 0.6) is 11.5 Å². The molecule has 3 rings (SSSR count). The van der Waals surface area contributed by atoms with Gasteiger partial charge in [-0.1, -0.05) is 30.3 Å². The minimum Gasteiger partial charge on any atom is -0.505 e. The standard InChI is InChI=1S/C19H14F2O2/c1-11-8-12(13-3-6-18(22)16(20)9-13)2-5-15(11)14-4-7-19(23)17(21)10-14/h2-10,22-23H,1H3. The van der Waals surface area contributed by atoms with Gasteiger partial charge in [0.05, 0.1) is 0 Å². The lowest BCUT2D eigenvalue weighted by atomic mass is 9.95. The Balaban J connectivity index is 2.03. The molecule has 0 aromatic heterocycles. The van der Waals surface area contributed by atoms with Crippen molar-refractivity contribution in [3.05, 3.63) is 71.8 Å². The van der Waals surface area contributed by atoms with Gasteiger partial charge < -0.3 is 10.2 Å². The number of halogens is 2. The van der Waals surface area contributed by atoms with Gasteiger partial charge in [-0.05, 0) is 59.0 Å². The van der Waals surface area contributed by atoms with Gasteiger partial charge in [0, 0.05) is 0 Å². The molecule has 4 heteroatoms. The van der Waals surface area contributed by atoms with E-state index in [1.54, 1.807) is 18.2 Å². The molecule has 0 aliphatic rings. The third-order valence-electron chi connectivity index (χ3n) is 3.77. The van der Waals surface area contributed by atoms with E-state index in [0.717, 1.165) is 16.7 Å². The first-order valence-electron chi connectivity index (χ1n) is 7.04. The fourth-order valence-electron chi connectivity index (χ4n) is 2.53. The second-order valence-corrected chi connectivity index (χ2v) is 5.36. The van der Waals surface area contributed by atoms with E-state index in [0.29, 0.717) is 11.1 Å². The molecule has 0 bridgehead atoms. The maximum absolute atomic E-state index is 13.5. The highest BCUT2D eigenvalue weighted by molar-refractivity contribution is 5.74. The van der Waals surface area contributed by atoms with Crippen LogP contribution in [-0.4, -0.2) is 10.2 Å². The van der Waals surface area contributed by atoms with Crippen molar-refractivity contribution in [1.82, 2.24) is 0 Å². The molecule has 116 valence electrons. The summed E-state index contributed by atoms with van der Waals surface area (Å²) < 4.78 is 27.0. The molecule has 3 aromatic rings. The molecule has 2 N–H and O–H groups in total. The lowest BCUT2D eigenvalue weighted by Gasteiger charge is -2.10. The summed E-state index contributed by atoms with van der Waals surface area (Å²) in [5.41, 5.74) is 3.81. The monoisotopic (exact) mass is 312 g/mol. The van der Waals surface area contributed by atoms with Gasteiger partial charge in [-0.15, -0.1) is 0 Å². The van der Waals surface area contributed by atoms with Crippen LogP contribution in [0, 0.1) is 18.6 Å². The van der Waals surface area contributed by atoms with Crippen LogP contribution in [-0.2, 0) is 0 Å². The highest BCUT2D eigenvalue weighted by atomic mass is 19.1. The van der Waals surface area contributed by atoms with Gasteiger partial charge in [0.15, 0.2) is 23.1 Å². The molecule has 0 heterocycles. The molecule has 0 amide bonds. The summed E-state index contributed by atoms with van der Waals surface area (Å²) in [7, 11) is 0. The SMILES string of the molecule is Cc1cc(-c2ccc(O)c(F)c2)ccc1-c1ccc(O)c(F)c1. The van der Waals surface area contributed by atoms with Crippen molar-refractivity contribution in [3.8, 4) is 33.8 Å². The Hall–Kier alpha value is -2.88. The van der Waals surface area contributed by atoms with E-state index in [4.69, 9.17) is 0 Å². The number of phenolic OH excluding ortho intramolecular Hbond substituents is 2. The Bertz CT molecular complexity index is 889. The lowest BCUT2D eigenvalue weighted by Crippen LogP contribution is -1.88. The molecule has 0 unspecified atom stereocenters. The van der Waals surface area contributed by atoms with E-state index < -0.39 is 11.6 Å². The maximum atomic E-state index is 13.5. The quantitative estimate of drug-likeness (QED) is 0.697. The minimum atomic E-state index is -0.676. The predicted molar refractivity (Wildman–Crippen MR) is 85.3 cm³/mol. The van der Waals surface area contributed by atoms with Crippen molar-refractivity contribution in [2.45, 2.75) is 6.92 Å². The molecule has 0 radical (unpaired) electrons. The van der Waals surface area contributed by atoms with Gasteiger partial charge in [0.1, 0.15) is 0 Å². The number of aryl methyl sites for hydroxylation is 1. The van der Waals surface area contributed by atoms with Crippen LogP contribution in [0.4, 0.5) is 8.78 Å². The van der Waals surface area contributed by atoms with Gasteiger partial charge in [-0.3, -0.25) is 0 Å². The van der Waals surface area contributed by atoms with Crippen molar-refractivity contribution in [2.75, 3.05) is 0 Å². The van der Waals surface area contributed by atoms with E-state index in [1.165, 1.54) is 24.3 Å². The van der Waals surface area contributed by atoms with Crippen LogP contribution in [0.2, 0.25) is 0 Å². The molecular weight excluding hydrogens is 298 g/mol. The summed E-state index contributed by atoms with van der Waals surface area (Å²) in [6, 6.07) is 13.9. The zero-order valence-electron chi connectivity index (χ0n) is 12.3. The normalized spacial score (nSPS) is 10.7. The first-order chi connectivity index (χ1) is 11.0. The van der Waals surface area contributed by atoms with E-state index in [2.05, 4.69) is 0 Å². The number of benzene rings is 3. The van der Waals surface area contributed by atoms with Crippen molar-refractivity contribution in [2.24, 2.45) is 0 Å². The second kappa shape index (κ2) is 5.72. The van der Waals surface area contributed by atoms with Crippen LogP contribution in [0.15, 0.2) is 54.6 Å². The van der Waals surface area contributed by atoms with Crippen molar-refractivity contribution in [1.29, 1.82) is 0 Å². The molecule has 0 saturated carbocycles. The summed E-state index contributed by atoms with van der Waals surface area (Å²) in [5.74, 6) is -2.12. The van der Waals surface area contributed by atoms with E-state index in [1.807, 2.05) is 19.1 Å². The van der Waals surface area contributed by atoms with Gasteiger partial charge in [0.25, 0.3) is 0 Å². The van der Waals surface area contributed by atoms with Crippen molar-refractivity contribution in [3.63, 3.8) is 0 Å². The van der Waals surface area contributed by atoms with E-state index >= 15 is 0 Å². The predicted octanol–water partition coefficient (Wildman–Crippen LogP) is 5.02. The first kappa shape index (κ1) is 15.0. The number of hydrogen-bond acceptors (Lipinski definition) is 2. The van der Waals surface area contributed by atoms with Crippen LogP contribution >= 0.6 is 0 Å². The Morgan fingerprint density at radius 3 is 1.70 bits per heavy atom. The third-order valence-corrected chi connectivity index (χ3v) is 3.77. The Morgan fingerprint density at radius 2 is 1.13 bits per heavy atom. The van der Waals surface area contributed by atoms with Crippen LogP contribution in [0.3, 0.4) is 0 Å². The topological polar surface area (TPSA) is 40.5 Å². The Labute approximate surface area is 132 Å². The highest BCUT2D eigenvalue weighted by Gasteiger charge is 2.09. The van der Waals surface area contributed by atoms with Crippen LogP contribution in [0.1, 0.15) is 5.56 Å². The summed E-state index contributed by atoms with van der Waals surface area (Å²) in [6.45, 7) is 1.88.